The minimum absolute atomic E-state index is 0.0388. The number of esters is 1. The Bertz CT molecular complexity index is 821. The van der Waals surface area contributed by atoms with Gasteiger partial charge in [0.15, 0.2) is 11.5 Å². The molecule has 1 aromatic carbocycles. The summed E-state index contributed by atoms with van der Waals surface area (Å²) in [6.45, 7) is 4.05. The number of aromatic nitrogens is 1. The molecule has 0 amide bonds. The molecule has 2 fully saturated rings. The molecule has 1 aromatic heterocycles. The Morgan fingerprint density at radius 1 is 1.26 bits per heavy atom. The standard InChI is InChI=1S/C19H19NO3/c1-18(2)13-8-9-19(18,15(21)11-13)17(22)23-14-7-3-5-12-6-4-10-20-16(12)14/h3-7,10,13H,8-9,11H2,1-2H3. The average molecular weight is 309 g/mol. The highest BCUT2D eigenvalue weighted by Crippen LogP contribution is 2.64. The van der Waals surface area contributed by atoms with Crippen LogP contribution in [0.1, 0.15) is 33.1 Å². The van der Waals surface area contributed by atoms with Crippen molar-refractivity contribution >= 4 is 22.7 Å². The summed E-state index contributed by atoms with van der Waals surface area (Å²) < 4.78 is 5.72. The van der Waals surface area contributed by atoms with Gasteiger partial charge in [-0.1, -0.05) is 32.0 Å². The van der Waals surface area contributed by atoms with Crippen LogP contribution in [0.15, 0.2) is 36.5 Å². The van der Waals surface area contributed by atoms with Gasteiger partial charge in [-0.2, -0.15) is 0 Å². The maximum atomic E-state index is 13.0. The van der Waals surface area contributed by atoms with Crippen LogP contribution < -0.4 is 4.74 Å². The van der Waals surface area contributed by atoms with E-state index >= 15 is 0 Å². The molecule has 2 saturated carbocycles. The van der Waals surface area contributed by atoms with Crippen molar-refractivity contribution in [1.29, 1.82) is 0 Å². The number of rotatable bonds is 2. The molecular weight excluding hydrogens is 290 g/mol. The largest absolute Gasteiger partial charge is 0.423 e. The lowest BCUT2D eigenvalue weighted by Crippen LogP contribution is -2.45. The van der Waals surface area contributed by atoms with Crippen molar-refractivity contribution in [2.75, 3.05) is 0 Å². The number of carbonyl (C=O) groups is 2. The van der Waals surface area contributed by atoms with E-state index in [1.807, 2.05) is 38.1 Å². The molecule has 2 aromatic rings. The molecule has 2 bridgehead atoms. The van der Waals surface area contributed by atoms with Gasteiger partial charge in [0, 0.05) is 18.0 Å². The Kier molecular flexibility index (Phi) is 2.89. The number of Topliss-reactive ketones (excluding diaryl/α,β-unsaturated/α-hetero) is 1. The van der Waals surface area contributed by atoms with Gasteiger partial charge in [0.2, 0.25) is 0 Å². The van der Waals surface area contributed by atoms with Gasteiger partial charge >= 0.3 is 5.97 Å². The van der Waals surface area contributed by atoms with Gasteiger partial charge in [0.25, 0.3) is 0 Å². The maximum Gasteiger partial charge on any atom is 0.325 e. The summed E-state index contributed by atoms with van der Waals surface area (Å²) in [5.41, 5.74) is -0.675. The fourth-order valence-corrected chi connectivity index (χ4v) is 4.50. The minimum Gasteiger partial charge on any atom is -0.423 e. The minimum atomic E-state index is -0.991. The van der Waals surface area contributed by atoms with Crippen molar-refractivity contribution in [3.8, 4) is 5.75 Å². The number of hydrogen-bond donors (Lipinski definition) is 0. The van der Waals surface area contributed by atoms with E-state index in [-0.39, 0.29) is 17.1 Å². The van der Waals surface area contributed by atoms with E-state index in [9.17, 15) is 9.59 Å². The van der Waals surface area contributed by atoms with Crippen molar-refractivity contribution in [3.63, 3.8) is 0 Å². The van der Waals surface area contributed by atoms with Gasteiger partial charge in [0.05, 0.1) is 0 Å². The first-order valence-electron chi connectivity index (χ1n) is 8.06. The quantitative estimate of drug-likeness (QED) is 0.484. The summed E-state index contributed by atoms with van der Waals surface area (Å²) in [6, 6.07) is 9.27. The van der Waals surface area contributed by atoms with Crippen LogP contribution in [0.25, 0.3) is 10.9 Å². The lowest BCUT2D eigenvalue weighted by Gasteiger charge is -2.33. The predicted molar refractivity (Wildman–Crippen MR) is 85.9 cm³/mol. The fourth-order valence-electron chi connectivity index (χ4n) is 4.50. The molecule has 4 nitrogen and oxygen atoms in total. The number of hydrogen-bond acceptors (Lipinski definition) is 4. The van der Waals surface area contributed by atoms with Crippen LogP contribution in [-0.4, -0.2) is 16.7 Å². The smallest absolute Gasteiger partial charge is 0.325 e. The van der Waals surface area contributed by atoms with Gasteiger partial charge in [-0.25, -0.2) is 0 Å². The molecule has 118 valence electrons. The Labute approximate surface area is 134 Å². The molecule has 2 unspecified atom stereocenters. The molecule has 0 spiro atoms. The van der Waals surface area contributed by atoms with Gasteiger partial charge in [-0.05, 0) is 36.3 Å². The van der Waals surface area contributed by atoms with Crippen LogP contribution in [0.3, 0.4) is 0 Å². The first-order chi connectivity index (χ1) is 11.0. The predicted octanol–water partition coefficient (Wildman–Crippen LogP) is 3.54. The van der Waals surface area contributed by atoms with Gasteiger partial charge in [-0.3, -0.25) is 14.6 Å². The zero-order valence-electron chi connectivity index (χ0n) is 13.3. The summed E-state index contributed by atoms with van der Waals surface area (Å²) in [5.74, 6) is 0.345. The van der Waals surface area contributed by atoms with Crippen molar-refractivity contribution < 1.29 is 14.3 Å². The van der Waals surface area contributed by atoms with Crippen LogP contribution in [0.5, 0.6) is 5.75 Å². The third-order valence-corrected chi connectivity index (χ3v) is 6.04. The zero-order chi connectivity index (χ0) is 16.2. The molecule has 0 N–H and O–H groups in total. The number of fused-ring (bicyclic) bond motifs is 3. The molecule has 2 aliphatic rings. The Morgan fingerprint density at radius 3 is 2.74 bits per heavy atom. The molecule has 2 atom stereocenters. The molecule has 0 radical (unpaired) electrons. The Hall–Kier alpha value is -2.23. The Morgan fingerprint density at radius 2 is 2.04 bits per heavy atom. The number of ketones is 1. The van der Waals surface area contributed by atoms with Gasteiger partial charge in [-0.15, -0.1) is 0 Å². The number of benzene rings is 1. The highest BCUT2D eigenvalue weighted by atomic mass is 16.5. The van der Waals surface area contributed by atoms with E-state index in [0.29, 0.717) is 24.1 Å². The van der Waals surface area contributed by atoms with Crippen molar-refractivity contribution in [2.45, 2.75) is 33.1 Å². The monoisotopic (exact) mass is 309 g/mol. The van der Waals surface area contributed by atoms with Gasteiger partial charge < -0.3 is 4.74 Å². The summed E-state index contributed by atoms with van der Waals surface area (Å²) in [5, 5.41) is 0.914. The van der Waals surface area contributed by atoms with E-state index in [4.69, 9.17) is 4.74 Å². The van der Waals surface area contributed by atoms with E-state index in [1.165, 1.54) is 0 Å². The second-order valence-corrected chi connectivity index (χ2v) is 7.21. The van der Waals surface area contributed by atoms with Gasteiger partial charge in [0.1, 0.15) is 10.9 Å². The lowest BCUT2D eigenvalue weighted by molar-refractivity contribution is -0.156. The molecule has 23 heavy (non-hydrogen) atoms. The fraction of sp³-hybridized carbons (Fsp3) is 0.421. The second kappa shape index (κ2) is 4.63. The molecule has 0 aliphatic heterocycles. The van der Waals surface area contributed by atoms with Crippen LogP contribution in [0, 0.1) is 16.7 Å². The number of ether oxygens (including phenoxy) is 1. The topological polar surface area (TPSA) is 56.3 Å². The molecule has 4 heteroatoms. The first kappa shape index (κ1) is 14.4. The summed E-state index contributed by atoms with van der Waals surface area (Å²) in [7, 11) is 0. The van der Waals surface area contributed by atoms with Crippen molar-refractivity contribution in [1.82, 2.24) is 4.98 Å². The zero-order valence-corrected chi connectivity index (χ0v) is 13.3. The first-order valence-corrected chi connectivity index (χ1v) is 8.06. The molecule has 2 aliphatic carbocycles. The maximum absolute atomic E-state index is 13.0. The van der Waals surface area contributed by atoms with E-state index in [2.05, 4.69) is 4.98 Å². The lowest BCUT2D eigenvalue weighted by atomic mass is 9.69. The molecular formula is C19H19NO3. The highest BCUT2D eigenvalue weighted by molar-refractivity contribution is 6.08. The number of carbonyl (C=O) groups excluding carboxylic acids is 2. The van der Waals surface area contributed by atoms with Crippen LogP contribution in [0.2, 0.25) is 0 Å². The van der Waals surface area contributed by atoms with E-state index in [0.717, 1.165) is 11.8 Å². The Balaban J connectivity index is 1.74. The number of nitrogens with zero attached hydrogens (tertiary/aromatic N) is 1. The average Bonchev–Trinajstić information content (AvgIpc) is 2.90. The normalized spacial score (nSPS) is 28.3. The molecule has 1 heterocycles. The van der Waals surface area contributed by atoms with Crippen LogP contribution in [0.4, 0.5) is 0 Å². The SMILES string of the molecule is CC1(C)C2CCC1(C(=O)Oc1cccc3cccnc13)C(=O)C2. The third kappa shape index (κ3) is 1.75. The molecule has 0 saturated heterocycles. The number of pyridine rings is 1. The van der Waals surface area contributed by atoms with Crippen molar-refractivity contribution in [3.05, 3.63) is 36.5 Å². The number of para-hydroxylation sites is 1. The summed E-state index contributed by atoms with van der Waals surface area (Å²) in [6.07, 6.45) is 3.69. The summed E-state index contributed by atoms with van der Waals surface area (Å²) in [4.78, 5) is 29.9. The second-order valence-electron chi connectivity index (χ2n) is 7.21. The summed E-state index contributed by atoms with van der Waals surface area (Å²) >= 11 is 0. The van der Waals surface area contributed by atoms with Crippen LogP contribution in [-0.2, 0) is 9.59 Å². The van der Waals surface area contributed by atoms with Crippen LogP contribution >= 0.6 is 0 Å². The third-order valence-electron chi connectivity index (χ3n) is 6.04. The van der Waals surface area contributed by atoms with E-state index < -0.39 is 11.4 Å². The van der Waals surface area contributed by atoms with E-state index in [1.54, 1.807) is 12.3 Å². The molecule has 4 rings (SSSR count). The highest BCUT2D eigenvalue weighted by Gasteiger charge is 2.69. The van der Waals surface area contributed by atoms with Crippen molar-refractivity contribution in [2.24, 2.45) is 16.7 Å².